The molecule has 6 heteroatoms. The highest BCUT2D eigenvalue weighted by Gasteiger charge is 2.07. The Kier molecular flexibility index (Phi) is 3.57. The highest BCUT2D eigenvalue weighted by atomic mass is 15.0. The first kappa shape index (κ1) is 14.6. The first-order valence-corrected chi connectivity index (χ1v) is 7.97. The van der Waals surface area contributed by atoms with Gasteiger partial charge < -0.3 is 10.3 Å². The zero-order valence-corrected chi connectivity index (χ0v) is 13.7. The minimum Gasteiger partial charge on any atom is -0.369 e. The minimum absolute atomic E-state index is 0.711. The summed E-state index contributed by atoms with van der Waals surface area (Å²) in [5, 5.41) is 4.32. The van der Waals surface area contributed by atoms with Crippen molar-refractivity contribution in [3.63, 3.8) is 0 Å². The molecule has 1 aromatic carbocycles. The Bertz CT molecular complexity index is 1020. The number of aromatic amines is 1. The van der Waals surface area contributed by atoms with Crippen molar-refractivity contribution in [3.05, 3.63) is 53.7 Å². The fraction of sp³-hybridized carbons (Fsp3) is 0.222. The van der Waals surface area contributed by atoms with E-state index >= 15 is 0 Å². The molecule has 0 spiro atoms. The average Bonchev–Trinajstić information content (AvgIpc) is 2.96. The number of anilines is 1. The van der Waals surface area contributed by atoms with Gasteiger partial charge in [0.05, 0.1) is 16.4 Å². The van der Waals surface area contributed by atoms with Gasteiger partial charge in [0, 0.05) is 19.2 Å². The van der Waals surface area contributed by atoms with Crippen LogP contribution in [0.1, 0.15) is 17.2 Å². The van der Waals surface area contributed by atoms with E-state index in [-0.39, 0.29) is 0 Å². The second kappa shape index (κ2) is 5.88. The Morgan fingerprint density at radius 3 is 2.92 bits per heavy atom. The molecule has 0 fully saturated rings. The van der Waals surface area contributed by atoms with Crippen LogP contribution in [0.3, 0.4) is 0 Å². The van der Waals surface area contributed by atoms with Crippen LogP contribution < -0.4 is 5.32 Å². The molecule has 0 amide bonds. The second-order valence-corrected chi connectivity index (χ2v) is 5.87. The third-order valence-electron chi connectivity index (χ3n) is 3.92. The van der Waals surface area contributed by atoms with Crippen LogP contribution in [0.25, 0.3) is 22.1 Å². The van der Waals surface area contributed by atoms with Gasteiger partial charge in [0.15, 0.2) is 5.65 Å². The molecular weight excluding hydrogens is 300 g/mol. The van der Waals surface area contributed by atoms with Gasteiger partial charge in [0.2, 0.25) is 0 Å². The van der Waals surface area contributed by atoms with E-state index in [1.165, 1.54) is 5.56 Å². The van der Waals surface area contributed by atoms with Crippen LogP contribution >= 0.6 is 0 Å². The number of rotatable bonds is 4. The monoisotopic (exact) mass is 318 g/mol. The lowest BCUT2D eigenvalue weighted by Gasteiger charge is -2.08. The van der Waals surface area contributed by atoms with Gasteiger partial charge in [-0.15, -0.1) is 0 Å². The van der Waals surface area contributed by atoms with Gasteiger partial charge in [-0.25, -0.2) is 19.9 Å². The molecule has 24 heavy (non-hydrogen) atoms. The molecule has 4 rings (SSSR count). The summed E-state index contributed by atoms with van der Waals surface area (Å²) in [6, 6.07) is 10.1. The Morgan fingerprint density at radius 2 is 2.00 bits per heavy atom. The summed E-state index contributed by atoms with van der Waals surface area (Å²) in [6.45, 7) is 4.69. The predicted molar refractivity (Wildman–Crippen MR) is 95.1 cm³/mol. The Hall–Kier alpha value is -3.02. The van der Waals surface area contributed by atoms with Gasteiger partial charge in [0.25, 0.3) is 0 Å². The molecule has 4 aromatic rings. The molecule has 0 saturated heterocycles. The Labute approximate surface area is 139 Å². The van der Waals surface area contributed by atoms with Crippen molar-refractivity contribution in [2.24, 2.45) is 0 Å². The van der Waals surface area contributed by atoms with Crippen molar-refractivity contribution < 1.29 is 0 Å². The maximum atomic E-state index is 4.62. The summed E-state index contributed by atoms with van der Waals surface area (Å²) in [7, 11) is 0. The lowest BCUT2D eigenvalue weighted by molar-refractivity contribution is 0.925. The lowest BCUT2D eigenvalue weighted by atomic mass is 10.2. The summed E-state index contributed by atoms with van der Waals surface area (Å²) in [4.78, 5) is 21.1. The Morgan fingerprint density at radius 1 is 1.08 bits per heavy atom. The second-order valence-electron chi connectivity index (χ2n) is 5.87. The van der Waals surface area contributed by atoms with Crippen molar-refractivity contribution in [1.29, 1.82) is 0 Å². The summed E-state index contributed by atoms with van der Waals surface area (Å²) in [5.74, 6) is 2.50. The van der Waals surface area contributed by atoms with Crippen molar-refractivity contribution in [2.45, 2.75) is 20.3 Å². The summed E-state index contributed by atoms with van der Waals surface area (Å²) < 4.78 is 0. The SMILES string of the molecule is Cc1ccc2nc(CCNc3nc(C)nc4ncccc34)[nH]c2c1. The summed E-state index contributed by atoms with van der Waals surface area (Å²) in [5.41, 5.74) is 4.03. The van der Waals surface area contributed by atoms with Crippen LogP contribution in [0.15, 0.2) is 36.5 Å². The average molecular weight is 318 g/mol. The molecule has 0 radical (unpaired) electrons. The molecule has 0 aliphatic heterocycles. The molecule has 0 unspecified atom stereocenters. The topological polar surface area (TPSA) is 79.4 Å². The quantitative estimate of drug-likeness (QED) is 0.604. The van der Waals surface area contributed by atoms with Crippen molar-refractivity contribution in [2.75, 3.05) is 11.9 Å². The number of fused-ring (bicyclic) bond motifs is 2. The number of nitrogens with zero attached hydrogens (tertiary/aromatic N) is 4. The maximum Gasteiger partial charge on any atom is 0.164 e. The molecule has 0 aliphatic rings. The zero-order valence-electron chi connectivity index (χ0n) is 13.7. The van der Waals surface area contributed by atoms with E-state index in [2.05, 4.69) is 49.3 Å². The molecule has 3 aromatic heterocycles. The van der Waals surface area contributed by atoms with Crippen LogP contribution in [-0.4, -0.2) is 31.5 Å². The third-order valence-corrected chi connectivity index (χ3v) is 3.92. The van der Waals surface area contributed by atoms with Gasteiger partial charge in [-0.05, 0) is 43.7 Å². The lowest BCUT2D eigenvalue weighted by Crippen LogP contribution is -2.09. The van der Waals surface area contributed by atoms with Crippen LogP contribution in [0.5, 0.6) is 0 Å². The Balaban J connectivity index is 1.52. The number of aryl methyl sites for hydroxylation is 2. The van der Waals surface area contributed by atoms with Crippen LogP contribution in [0.2, 0.25) is 0 Å². The first-order chi connectivity index (χ1) is 11.7. The van der Waals surface area contributed by atoms with Crippen LogP contribution in [-0.2, 0) is 6.42 Å². The van der Waals surface area contributed by atoms with Gasteiger partial charge >= 0.3 is 0 Å². The largest absolute Gasteiger partial charge is 0.369 e. The number of imidazole rings is 1. The number of H-pyrrole nitrogens is 1. The fourth-order valence-corrected chi connectivity index (χ4v) is 2.80. The molecule has 0 atom stereocenters. The number of hydrogen-bond acceptors (Lipinski definition) is 5. The minimum atomic E-state index is 0.711. The molecule has 0 bridgehead atoms. The predicted octanol–water partition coefficient (Wildman–Crippen LogP) is 3.17. The normalized spacial score (nSPS) is 11.2. The number of benzene rings is 1. The van der Waals surface area contributed by atoms with Gasteiger partial charge in [-0.3, -0.25) is 0 Å². The van der Waals surface area contributed by atoms with Gasteiger partial charge in [-0.2, -0.15) is 0 Å². The molecule has 3 heterocycles. The summed E-state index contributed by atoms with van der Waals surface area (Å²) in [6.07, 6.45) is 2.54. The summed E-state index contributed by atoms with van der Waals surface area (Å²) >= 11 is 0. The number of pyridine rings is 1. The number of hydrogen-bond donors (Lipinski definition) is 2. The first-order valence-electron chi connectivity index (χ1n) is 7.97. The van der Waals surface area contributed by atoms with Crippen molar-refractivity contribution in [3.8, 4) is 0 Å². The van der Waals surface area contributed by atoms with Gasteiger partial charge in [0.1, 0.15) is 17.5 Å². The molecule has 6 nitrogen and oxygen atoms in total. The van der Waals surface area contributed by atoms with E-state index in [1.807, 2.05) is 25.1 Å². The van der Waals surface area contributed by atoms with E-state index in [0.29, 0.717) is 11.5 Å². The van der Waals surface area contributed by atoms with E-state index in [4.69, 9.17) is 0 Å². The smallest absolute Gasteiger partial charge is 0.164 e. The van der Waals surface area contributed by atoms with Crippen LogP contribution in [0, 0.1) is 13.8 Å². The number of aromatic nitrogens is 5. The van der Waals surface area contributed by atoms with Crippen molar-refractivity contribution >= 4 is 27.9 Å². The van der Waals surface area contributed by atoms with Crippen molar-refractivity contribution in [1.82, 2.24) is 24.9 Å². The number of nitrogens with one attached hydrogen (secondary N) is 2. The molecular formula is C18H18N6. The fourth-order valence-electron chi connectivity index (χ4n) is 2.80. The highest BCUT2D eigenvalue weighted by molar-refractivity contribution is 5.86. The third kappa shape index (κ3) is 2.78. The standard InChI is InChI=1S/C18H18N6/c1-11-5-6-14-15(10-11)24-16(23-14)7-9-20-18-13-4-3-8-19-17(13)21-12(2)22-18/h3-6,8,10H,7,9H2,1-2H3,(H,23,24)(H,19,20,21,22). The molecule has 120 valence electrons. The molecule has 2 N–H and O–H groups in total. The maximum absolute atomic E-state index is 4.62. The highest BCUT2D eigenvalue weighted by Crippen LogP contribution is 2.18. The zero-order chi connectivity index (χ0) is 16.5. The van der Waals surface area contributed by atoms with E-state index < -0.39 is 0 Å². The van der Waals surface area contributed by atoms with Gasteiger partial charge in [-0.1, -0.05) is 6.07 Å². The molecule has 0 saturated carbocycles. The van der Waals surface area contributed by atoms with E-state index in [9.17, 15) is 0 Å². The molecule has 0 aliphatic carbocycles. The van der Waals surface area contributed by atoms with E-state index in [0.717, 1.165) is 41.0 Å². The van der Waals surface area contributed by atoms with Crippen LogP contribution in [0.4, 0.5) is 5.82 Å². The van der Waals surface area contributed by atoms with E-state index in [1.54, 1.807) is 6.20 Å².